The third-order valence-electron chi connectivity index (χ3n) is 8.88. The van der Waals surface area contributed by atoms with Crippen LogP contribution in [0, 0.1) is 0 Å². The van der Waals surface area contributed by atoms with Crippen molar-refractivity contribution in [3.05, 3.63) is 106 Å². The number of esters is 2. The number of carbonyl (C=O) groups excluding carboxylic acids is 2. The summed E-state index contributed by atoms with van der Waals surface area (Å²) in [4.78, 5) is 41.1. The van der Waals surface area contributed by atoms with Crippen molar-refractivity contribution < 1.29 is 38.0 Å². The van der Waals surface area contributed by atoms with Gasteiger partial charge in [-0.05, 0) is 97.8 Å². The molecule has 7 rings (SSSR count). The number of H-pyrrole nitrogens is 2. The van der Waals surface area contributed by atoms with Crippen LogP contribution in [0.4, 0.5) is 0 Å². The number of halogens is 2. The summed E-state index contributed by atoms with van der Waals surface area (Å²) in [6.07, 6.45) is 6.19. The molecule has 2 aliphatic rings. The lowest BCUT2D eigenvalue weighted by molar-refractivity contribution is -0.173. The van der Waals surface area contributed by atoms with Gasteiger partial charge in [0.25, 0.3) is 0 Å². The average molecular weight is 796 g/mol. The summed E-state index contributed by atoms with van der Waals surface area (Å²) in [6.45, 7) is 2.70. The van der Waals surface area contributed by atoms with E-state index in [-0.39, 0.29) is 13.2 Å². The molecular formula is C42H36Cl2N4O8. The molecule has 0 aliphatic carbocycles. The highest BCUT2D eigenvalue weighted by molar-refractivity contribution is 6.36. The maximum Gasteiger partial charge on any atom is 0.346 e. The number of rotatable bonds is 12. The van der Waals surface area contributed by atoms with Crippen LogP contribution in [0.2, 0.25) is 10.0 Å². The summed E-state index contributed by atoms with van der Waals surface area (Å²) >= 11 is 14.1. The Kier molecular flexibility index (Phi) is 11.5. The van der Waals surface area contributed by atoms with Gasteiger partial charge in [-0.2, -0.15) is 0 Å². The fourth-order valence-corrected chi connectivity index (χ4v) is 6.43. The lowest BCUT2D eigenvalue weighted by atomic mass is 10.0. The first kappa shape index (κ1) is 38.4. The molecule has 0 saturated carbocycles. The second-order valence-corrected chi connectivity index (χ2v) is 13.3. The molecule has 56 heavy (non-hydrogen) atoms. The molecule has 5 aromatic rings. The van der Waals surface area contributed by atoms with E-state index in [1.807, 2.05) is 72.8 Å². The number of ether oxygens (including phenoxy) is 6. The maximum atomic E-state index is 12.1. The highest BCUT2D eigenvalue weighted by Gasteiger charge is 2.18. The number of carbonyl (C=O) groups is 2. The average Bonchev–Trinajstić information content (AvgIpc) is 4.05. The van der Waals surface area contributed by atoms with Crippen LogP contribution >= 0.6 is 23.2 Å². The summed E-state index contributed by atoms with van der Waals surface area (Å²) in [5.74, 6) is -0.129. The van der Waals surface area contributed by atoms with Gasteiger partial charge in [-0.3, -0.25) is 0 Å². The standard InChI is InChI=1S/C42H36Cl2N4O8/c1-23(51-3)55-37(49)21-53-27-9-5-25(6-10-27)39-29-13-17-33(45-29)41(43)35-19-15-31(47-35)40(32-16-20-36(48-32)42(44)34-18-14-30(39)46-34)26-7-11-28(12-8-26)54-22-38(50)56-24(2)52-4/h5-20,23-24,45,48H,21-22H2,1-4H3. The van der Waals surface area contributed by atoms with Crippen molar-refractivity contribution in [3.8, 4) is 33.8 Å². The molecule has 0 fully saturated rings. The smallest absolute Gasteiger partial charge is 0.346 e. The van der Waals surface area contributed by atoms with Crippen LogP contribution in [-0.4, -0.2) is 71.9 Å². The third kappa shape index (κ3) is 8.48. The molecule has 0 saturated heterocycles. The first-order chi connectivity index (χ1) is 27.1. The molecule has 2 N–H and O–H groups in total. The van der Waals surface area contributed by atoms with E-state index in [9.17, 15) is 9.59 Å². The summed E-state index contributed by atoms with van der Waals surface area (Å²) in [6, 6.07) is 22.3. The lowest BCUT2D eigenvalue weighted by Crippen LogP contribution is -2.21. The van der Waals surface area contributed by atoms with Gasteiger partial charge in [-0.25, -0.2) is 19.6 Å². The van der Waals surface area contributed by atoms with E-state index in [4.69, 9.17) is 61.6 Å². The number of methoxy groups -OCH3 is 2. The number of hydrogen-bond donors (Lipinski definition) is 2. The Morgan fingerprint density at radius 3 is 1.29 bits per heavy atom. The van der Waals surface area contributed by atoms with Gasteiger partial charge >= 0.3 is 11.9 Å². The van der Waals surface area contributed by atoms with Gasteiger partial charge in [0.2, 0.25) is 0 Å². The van der Waals surface area contributed by atoms with Gasteiger partial charge in [-0.15, -0.1) is 0 Å². The maximum absolute atomic E-state index is 12.1. The Balaban J connectivity index is 1.30. The lowest BCUT2D eigenvalue weighted by Gasteiger charge is -2.12. The molecule has 2 unspecified atom stereocenters. The molecule has 5 heterocycles. The van der Waals surface area contributed by atoms with Crippen LogP contribution in [0.3, 0.4) is 0 Å². The molecule has 2 aromatic carbocycles. The molecule has 286 valence electrons. The van der Waals surface area contributed by atoms with Crippen LogP contribution in [0.5, 0.6) is 11.5 Å². The number of nitrogens with zero attached hydrogens (tertiary/aromatic N) is 2. The van der Waals surface area contributed by atoms with Gasteiger partial charge in [0, 0.05) is 36.4 Å². The zero-order valence-electron chi connectivity index (χ0n) is 30.7. The molecule has 0 radical (unpaired) electrons. The fourth-order valence-electron chi connectivity index (χ4n) is 6.00. The van der Waals surface area contributed by atoms with Gasteiger partial charge < -0.3 is 38.4 Å². The molecule has 0 spiro atoms. The van der Waals surface area contributed by atoms with Gasteiger partial charge in [0.15, 0.2) is 25.8 Å². The van der Waals surface area contributed by atoms with Crippen molar-refractivity contribution in [1.29, 1.82) is 0 Å². The highest BCUT2D eigenvalue weighted by Crippen LogP contribution is 2.36. The predicted molar refractivity (Wildman–Crippen MR) is 216 cm³/mol. The molecule has 12 nitrogen and oxygen atoms in total. The van der Waals surface area contributed by atoms with E-state index < -0.39 is 24.5 Å². The Labute approximate surface area is 331 Å². The Morgan fingerprint density at radius 1 is 0.554 bits per heavy atom. The van der Waals surface area contributed by atoms with E-state index >= 15 is 0 Å². The van der Waals surface area contributed by atoms with Crippen molar-refractivity contribution in [1.82, 2.24) is 19.9 Å². The number of aromatic nitrogens is 4. The van der Waals surface area contributed by atoms with Crippen LogP contribution < -0.4 is 9.47 Å². The van der Waals surface area contributed by atoms with E-state index in [1.54, 1.807) is 38.1 Å². The molecule has 0 amide bonds. The largest absolute Gasteiger partial charge is 0.482 e. The normalized spacial score (nSPS) is 13.0. The van der Waals surface area contributed by atoms with Gasteiger partial charge in [0.1, 0.15) is 11.5 Å². The van der Waals surface area contributed by atoms with E-state index in [0.717, 1.165) is 33.3 Å². The Bertz CT molecular complexity index is 2330. The number of nitrogens with one attached hydrogen (secondary N) is 2. The molecule has 14 heteroatoms. The van der Waals surface area contributed by atoms with E-state index in [2.05, 4.69) is 9.97 Å². The summed E-state index contributed by atoms with van der Waals surface area (Å²) in [5.41, 5.74) is 8.49. The number of benzene rings is 2. The summed E-state index contributed by atoms with van der Waals surface area (Å²) in [5, 5.41) is 0.842. The summed E-state index contributed by atoms with van der Waals surface area (Å²) in [7, 11) is 2.90. The highest BCUT2D eigenvalue weighted by atomic mass is 35.5. The monoisotopic (exact) mass is 794 g/mol. The molecule has 3 aromatic heterocycles. The predicted octanol–water partition coefficient (Wildman–Crippen LogP) is 9.13. The first-order valence-corrected chi connectivity index (χ1v) is 18.2. The van der Waals surface area contributed by atoms with E-state index in [1.165, 1.54) is 14.2 Å². The summed E-state index contributed by atoms with van der Waals surface area (Å²) < 4.78 is 31.5. The Hall–Kier alpha value is -5.92. The quantitative estimate of drug-likeness (QED) is 0.0907. The minimum absolute atomic E-state index is 0.270. The number of hydrogen-bond acceptors (Lipinski definition) is 10. The van der Waals surface area contributed by atoms with Gasteiger partial charge in [0.05, 0.1) is 43.9 Å². The fraction of sp³-hybridized carbons (Fsp3) is 0.190. The van der Waals surface area contributed by atoms with Gasteiger partial charge in [-0.1, -0.05) is 47.5 Å². The molecule has 2 atom stereocenters. The molecule has 8 bridgehead atoms. The van der Waals surface area contributed by atoms with Crippen molar-refractivity contribution in [3.63, 3.8) is 0 Å². The van der Waals surface area contributed by atoms with Crippen LogP contribution in [0.25, 0.3) is 68.6 Å². The SMILES string of the molecule is COC(C)OC(=O)COc1ccc(-c2c3nc(c(Cl)c4ccc([nH]4)c(-c4ccc(OCC(=O)OC(C)OC)cc4)c4nc(c(Cl)c5ccc2[nH]5)C=C4)C=C3)cc1. The van der Waals surface area contributed by atoms with Crippen molar-refractivity contribution in [2.75, 3.05) is 27.4 Å². The van der Waals surface area contributed by atoms with Crippen LogP contribution in [-0.2, 0) is 28.5 Å². The second kappa shape index (κ2) is 16.8. The first-order valence-electron chi connectivity index (χ1n) is 17.5. The van der Waals surface area contributed by atoms with Crippen molar-refractivity contribution in [2.24, 2.45) is 0 Å². The Morgan fingerprint density at radius 2 is 0.911 bits per heavy atom. The minimum atomic E-state index is -0.674. The van der Waals surface area contributed by atoms with Crippen LogP contribution in [0.15, 0.2) is 72.8 Å². The molecule has 2 aliphatic heterocycles. The second-order valence-electron chi connectivity index (χ2n) is 12.6. The zero-order valence-corrected chi connectivity index (χ0v) is 32.2. The number of fused-ring (bicyclic) bond motifs is 8. The minimum Gasteiger partial charge on any atom is -0.482 e. The topological polar surface area (TPSA) is 147 Å². The number of aromatic amines is 2. The zero-order chi connectivity index (χ0) is 39.3. The van der Waals surface area contributed by atoms with Crippen LogP contribution in [0.1, 0.15) is 36.6 Å². The third-order valence-corrected chi connectivity index (χ3v) is 9.68. The van der Waals surface area contributed by atoms with Crippen molar-refractivity contribution in [2.45, 2.75) is 26.4 Å². The van der Waals surface area contributed by atoms with E-state index in [0.29, 0.717) is 55.4 Å². The van der Waals surface area contributed by atoms with Crippen molar-refractivity contribution >= 4 is 81.5 Å². The molecular weight excluding hydrogens is 759 g/mol.